The molecule has 16 heavy (non-hydrogen) atoms. The second-order valence-corrected chi connectivity index (χ2v) is 2.44. The van der Waals surface area contributed by atoms with E-state index in [1.807, 2.05) is 0 Å². The first kappa shape index (κ1) is 14.1. The molecule has 0 aliphatic heterocycles. The molecule has 0 aliphatic rings. The third-order valence-electron chi connectivity index (χ3n) is 1.23. The van der Waals surface area contributed by atoms with Gasteiger partial charge in [0.15, 0.2) is 0 Å². The van der Waals surface area contributed by atoms with Crippen molar-refractivity contribution in [3.8, 4) is 0 Å². The number of carbonyl (C=O) groups is 2. The Morgan fingerprint density at radius 2 is 1.75 bits per heavy atom. The summed E-state index contributed by atoms with van der Waals surface area (Å²) in [4.78, 5) is 24.8. The summed E-state index contributed by atoms with van der Waals surface area (Å²) in [5.41, 5.74) is 0. The average molecular weight is 229 g/mol. The molecule has 0 unspecified atom stereocenters. The van der Waals surface area contributed by atoms with Crippen LogP contribution in [-0.4, -0.2) is 40.3 Å². The van der Waals surface area contributed by atoms with E-state index < -0.39 is 11.9 Å². The Balaban J connectivity index is 0.000000368. The number of esters is 2. The molecule has 1 heterocycles. The van der Waals surface area contributed by atoms with Gasteiger partial charge in [0.1, 0.15) is 19.1 Å². The van der Waals surface area contributed by atoms with Crippen LogP contribution in [0.5, 0.6) is 0 Å². The van der Waals surface area contributed by atoms with Crippen LogP contribution in [0.1, 0.15) is 20.3 Å². The summed E-state index contributed by atoms with van der Waals surface area (Å²) in [6.07, 6.45) is 2.67. The highest BCUT2D eigenvalue weighted by molar-refractivity contribution is 5.91. The van der Waals surface area contributed by atoms with Crippen molar-refractivity contribution in [1.29, 1.82) is 0 Å². The standard InChI is InChI=1S/C7H12O4.C2H3N3/c1-3-10-6(8)5-7(9)11-4-2;1-3-2-5-4-1/h3-5H2,1-2H3;1-2H,(H,3,4,5). The van der Waals surface area contributed by atoms with Gasteiger partial charge in [0.25, 0.3) is 0 Å². The van der Waals surface area contributed by atoms with Crippen LogP contribution in [0.3, 0.4) is 0 Å². The van der Waals surface area contributed by atoms with E-state index in [1.54, 1.807) is 13.8 Å². The average Bonchev–Trinajstić information content (AvgIpc) is 2.75. The van der Waals surface area contributed by atoms with Gasteiger partial charge in [-0.2, -0.15) is 5.10 Å². The van der Waals surface area contributed by atoms with Crippen molar-refractivity contribution in [2.45, 2.75) is 20.3 Å². The maximum Gasteiger partial charge on any atom is 0.317 e. The summed E-state index contributed by atoms with van der Waals surface area (Å²) < 4.78 is 9.04. The van der Waals surface area contributed by atoms with E-state index in [2.05, 4.69) is 24.7 Å². The number of H-pyrrole nitrogens is 1. The van der Waals surface area contributed by atoms with Crippen LogP contribution in [0.2, 0.25) is 0 Å². The number of ether oxygens (including phenoxy) is 2. The number of nitrogens with zero attached hydrogens (tertiary/aromatic N) is 2. The summed E-state index contributed by atoms with van der Waals surface area (Å²) >= 11 is 0. The lowest BCUT2D eigenvalue weighted by molar-refractivity contribution is -0.153. The second-order valence-electron chi connectivity index (χ2n) is 2.44. The van der Waals surface area contributed by atoms with Gasteiger partial charge in [0.05, 0.1) is 13.2 Å². The highest BCUT2D eigenvalue weighted by atomic mass is 16.5. The zero-order valence-electron chi connectivity index (χ0n) is 9.30. The molecule has 7 nitrogen and oxygen atoms in total. The number of carbonyl (C=O) groups excluding carboxylic acids is 2. The number of aromatic nitrogens is 3. The molecule has 1 aromatic rings. The first-order chi connectivity index (χ1) is 7.70. The van der Waals surface area contributed by atoms with Gasteiger partial charge in [-0.25, -0.2) is 4.98 Å². The largest absolute Gasteiger partial charge is 0.466 e. The zero-order chi connectivity index (χ0) is 12.2. The molecular weight excluding hydrogens is 214 g/mol. The zero-order valence-corrected chi connectivity index (χ0v) is 9.30. The van der Waals surface area contributed by atoms with Crippen molar-refractivity contribution in [2.24, 2.45) is 0 Å². The van der Waals surface area contributed by atoms with E-state index >= 15 is 0 Å². The normalized spacial score (nSPS) is 8.62. The van der Waals surface area contributed by atoms with Gasteiger partial charge in [-0.1, -0.05) is 0 Å². The molecule has 0 saturated carbocycles. The minimum atomic E-state index is -0.536. The third-order valence-corrected chi connectivity index (χ3v) is 1.23. The Kier molecular flexibility index (Phi) is 8.47. The molecule has 0 atom stereocenters. The van der Waals surface area contributed by atoms with Gasteiger partial charge in [0, 0.05) is 0 Å². The molecule has 0 radical (unpaired) electrons. The predicted molar refractivity (Wildman–Crippen MR) is 54.3 cm³/mol. The summed E-state index contributed by atoms with van der Waals surface area (Å²) in [7, 11) is 0. The van der Waals surface area contributed by atoms with Gasteiger partial charge >= 0.3 is 11.9 Å². The van der Waals surface area contributed by atoms with Crippen molar-refractivity contribution < 1.29 is 19.1 Å². The van der Waals surface area contributed by atoms with Crippen LogP contribution >= 0.6 is 0 Å². The molecule has 0 amide bonds. The fraction of sp³-hybridized carbons (Fsp3) is 0.556. The Morgan fingerprint density at radius 1 is 1.19 bits per heavy atom. The van der Waals surface area contributed by atoms with Crippen LogP contribution in [0.4, 0.5) is 0 Å². The first-order valence-corrected chi connectivity index (χ1v) is 4.80. The monoisotopic (exact) mass is 229 g/mol. The van der Waals surface area contributed by atoms with E-state index in [0.29, 0.717) is 0 Å². The summed E-state index contributed by atoms with van der Waals surface area (Å²) in [6, 6.07) is 0. The molecule has 1 aromatic heterocycles. The lowest BCUT2D eigenvalue weighted by Gasteiger charge is -2.00. The van der Waals surface area contributed by atoms with Crippen molar-refractivity contribution in [1.82, 2.24) is 15.2 Å². The lowest BCUT2D eigenvalue weighted by atomic mass is 10.4. The maximum atomic E-state index is 10.6. The summed E-state index contributed by atoms with van der Waals surface area (Å²) in [5, 5.41) is 5.99. The van der Waals surface area contributed by atoms with Crippen LogP contribution in [0.25, 0.3) is 0 Å². The van der Waals surface area contributed by atoms with Crippen molar-refractivity contribution in [3.05, 3.63) is 12.7 Å². The van der Waals surface area contributed by atoms with E-state index in [9.17, 15) is 9.59 Å². The molecule has 7 heteroatoms. The quantitative estimate of drug-likeness (QED) is 0.589. The molecule has 0 aromatic carbocycles. The van der Waals surface area contributed by atoms with Crippen LogP contribution in [0.15, 0.2) is 12.7 Å². The Morgan fingerprint density at radius 3 is 2.00 bits per heavy atom. The van der Waals surface area contributed by atoms with E-state index in [0.717, 1.165) is 0 Å². The molecular formula is C9H15N3O4. The molecule has 1 N–H and O–H groups in total. The summed E-state index contributed by atoms with van der Waals surface area (Å²) in [6.45, 7) is 3.95. The van der Waals surface area contributed by atoms with Gasteiger partial charge in [0.2, 0.25) is 0 Å². The third kappa shape index (κ3) is 8.67. The van der Waals surface area contributed by atoms with Crippen molar-refractivity contribution >= 4 is 11.9 Å². The highest BCUT2D eigenvalue weighted by Gasteiger charge is 2.09. The SMILES string of the molecule is CCOC(=O)CC(=O)OCC.c1nc[nH]n1. The van der Waals surface area contributed by atoms with E-state index in [1.165, 1.54) is 12.7 Å². The number of aromatic amines is 1. The van der Waals surface area contributed by atoms with Crippen LogP contribution in [-0.2, 0) is 19.1 Å². The van der Waals surface area contributed by atoms with Gasteiger partial charge in [-0.05, 0) is 13.8 Å². The van der Waals surface area contributed by atoms with Gasteiger partial charge < -0.3 is 9.47 Å². The molecule has 0 bridgehead atoms. The number of hydrogen-bond acceptors (Lipinski definition) is 6. The lowest BCUT2D eigenvalue weighted by Crippen LogP contribution is -2.13. The fourth-order valence-corrected chi connectivity index (χ4v) is 0.709. The molecule has 90 valence electrons. The fourth-order valence-electron chi connectivity index (χ4n) is 0.709. The summed E-state index contributed by atoms with van der Waals surface area (Å²) in [5.74, 6) is -1.07. The molecule has 1 rings (SSSR count). The second kappa shape index (κ2) is 9.63. The van der Waals surface area contributed by atoms with E-state index in [-0.39, 0.29) is 19.6 Å². The molecule has 0 saturated heterocycles. The topological polar surface area (TPSA) is 94.2 Å². The highest BCUT2D eigenvalue weighted by Crippen LogP contribution is 1.89. The minimum Gasteiger partial charge on any atom is -0.466 e. The first-order valence-electron chi connectivity index (χ1n) is 4.80. The van der Waals surface area contributed by atoms with Crippen molar-refractivity contribution in [3.63, 3.8) is 0 Å². The van der Waals surface area contributed by atoms with Crippen LogP contribution in [0, 0.1) is 0 Å². The van der Waals surface area contributed by atoms with Gasteiger partial charge in [-0.3, -0.25) is 14.7 Å². The van der Waals surface area contributed by atoms with Gasteiger partial charge in [-0.15, -0.1) is 0 Å². The Bertz CT molecular complexity index is 254. The molecule has 0 spiro atoms. The number of nitrogens with one attached hydrogen (secondary N) is 1. The number of rotatable bonds is 4. The van der Waals surface area contributed by atoms with E-state index in [4.69, 9.17) is 0 Å². The number of hydrogen-bond donors (Lipinski definition) is 1. The molecule has 0 aliphatic carbocycles. The predicted octanol–water partition coefficient (Wildman–Crippen LogP) is 0.307. The van der Waals surface area contributed by atoms with Crippen LogP contribution < -0.4 is 0 Å². The maximum absolute atomic E-state index is 10.6. The Hall–Kier alpha value is -1.92. The Labute approximate surface area is 93.2 Å². The minimum absolute atomic E-state index is 0.290. The smallest absolute Gasteiger partial charge is 0.317 e. The molecule has 0 fully saturated rings. The van der Waals surface area contributed by atoms with Crippen molar-refractivity contribution in [2.75, 3.05) is 13.2 Å².